The third-order valence-electron chi connectivity index (χ3n) is 5.49. The van der Waals surface area contributed by atoms with E-state index in [0.29, 0.717) is 48.1 Å². The summed E-state index contributed by atoms with van der Waals surface area (Å²) in [7, 11) is 6.79. The van der Waals surface area contributed by atoms with Crippen molar-refractivity contribution in [2.24, 2.45) is 0 Å². The fourth-order valence-electron chi connectivity index (χ4n) is 3.82. The van der Waals surface area contributed by atoms with Gasteiger partial charge in [0.25, 0.3) is 11.7 Å². The molecular weight excluding hydrogens is 424 g/mol. The number of carbonyl (C=O) groups is 2. The molecule has 1 atom stereocenters. The van der Waals surface area contributed by atoms with E-state index in [4.69, 9.17) is 14.2 Å². The average Bonchev–Trinajstić information content (AvgIpc) is 3.07. The van der Waals surface area contributed by atoms with Crippen molar-refractivity contribution in [1.82, 2.24) is 9.80 Å². The van der Waals surface area contributed by atoms with E-state index in [1.165, 1.54) is 19.1 Å². The van der Waals surface area contributed by atoms with Crippen LogP contribution in [0.5, 0.6) is 17.2 Å². The number of hydrogen-bond acceptors (Lipinski definition) is 7. The molecule has 1 saturated heterocycles. The zero-order valence-electron chi connectivity index (χ0n) is 19.6. The second-order valence-electron chi connectivity index (χ2n) is 7.87. The number of ether oxygens (including phenoxy) is 3. The molecule has 1 aliphatic rings. The molecule has 0 bridgehead atoms. The first-order valence-corrected chi connectivity index (χ1v) is 10.7. The van der Waals surface area contributed by atoms with Gasteiger partial charge >= 0.3 is 0 Å². The van der Waals surface area contributed by atoms with E-state index in [9.17, 15) is 14.7 Å². The maximum Gasteiger partial charge on any atom is 0.295 e. The van der Waals surface area contributed by atoms with E-state index in [1.54, 1.807) is 30.3 Å². The van der Waals surface area contributed by atoms with Crippen molar-refractivity contribution in [3.63, 3.8) is 0 Å². The van der Waals surface area contributed by atoms with Crippen LogP contribution < -0.4 is 14.2 Å². The van der Waals surface area contributed by atoms with Gasteiger partial charge in [-0.25, -0.2) is 0 Å². The molecule has 1 fully saturated rings. The van der Waals surface area contributed by atoms with E-state index in [-0.39, 0.29) is 11.3 Å². The molecule has 2 aromatic carbocycles. The van der Waals surface area contributed by atoms with Crippen LogP contribution in [0, 0.1) is 0 Å². The Labute approximate surface area is 194 Å². The number of hydrogen-bond donors (Lipinski definition) is 1. The number of carbonyl (C=O) groups excluding carboxylic acids is 2. The lowest BCUT2D eigenvalue weighted by Gasteiger charge is -2.26. The van der Waals surface area contributed by atoms with Crippen LogP contribution in [-0.2, 0) is 9.59 Å². The summed E-state index contributed by atoms with van der Waals surface area (Å²) < 4.78 is 16.1. The van der Waals surface area contributed by atoms with Gasteiger partial charge in [0.15, 0.2) is 11.5 Å². The van der Waals surface area contributed by atoms with Crippen LogP contribution in [-0.4, -0.2) is 74.6 Å². The van der Waals surface area contributed by atoms with E-state index in [0.717, 1.165) is 0 Å². The maximum atomic E-state index is 13.1. The smallest absolute Gasteiger partial charge is 0.295 e. The third kappa shape index (κ3) is 4.96. The highest BCUT2D eigenvalue weighted by Gasteiger charge is 2.45. The molecule has 1 aliphatic heterocycles. The maximum absolute atomic E-state index is 13.1. The zero-order valence-corrected chi connectivity index (χ0v) is 19.6. The minimum absolute atomic E-state index is 0.0372. The Morgan fingerprint density at radius 2 is 1.70 bits per heavy atom. The number of nitrogens with zero attached hydrogens (tertiary/aromatic N) is 2. The Hall–Kier alpha value is -3.52. The van der Waals surface area contributed by atoms with Crippen molar-refractivity contribution in [3.05, 3.63) is 59.2 Å². The molecule has 33 heavy (non-hydrogen) atoms. The average molecular weight is 455 g/mol. The van der Waals surface area contributed by atoms with E-state index >= 15 is 0 Å². The highest BCUT2D eigenvalue weighted by Crippen LogP contribution is 2.40. The molecule has 0 aromatic heterocycles. The topological polar surface area (TPSA) is 88.5 Å². The van der Waals surface area contributed by atoms with Gasteiger partial charge in [-0.3, -0.25) is 9.59 Å². The molecule has 1 amide bonds. The Kier molecular flexibility index (Phi) is 7.60. The molecule has 176 valence electrons. The van der Waals surface area contributed by atoms with Crippen LogP contribution in [0.3, 0.4) is 0 Å². The SMILES string of the molecule is CCOc1ccc(C2/C(=C(/O)c3ccc(OC)c(OC)c3)C(=O)C(=O)N2CCN(C)C)cc1. The fourth-order valence-corrected chi connectivity index (χ4v) is 3.82. The second-order valence-corrected chi connectivity index (χ2v) is 7.87. The lowest BCUT2D eigenvalue weighted by Crippen LogP contribution is -2.35. The summed E-state index contributed by atoms with van der Waals surface area (Å²) in [6.45, 7) is 3.32. The molecule has 8 heteroatoms. The molecule has 0 spiro atoms. The number of likely N-dealkylation sites (tertiary alicyclic amines) is 1. The van der Waals surface area contributed by atoms with Crippen molar-refractivity contribution >= 4 is 17.4 Å². The molecule has 1 heterocycles. The lowest BCUT2D eigenvalue weighted by atomic mass is 9.95. The van der Waals surface area contributed by atoms with Crippen LogP contribution in [0.4, 0.5) is 0 Å². The van der Waals surface area contributed by atoms with E-state index in [1.807, 2.05) is 38.1 Å². The summed E-state index contributed by atoms with van der Waals surface area (Å²) >= 11 is 0. The molecule has 8 nitrogen and oxygen atoms in total. The summed E-state index contributed by atoms with van der Waals surface area (Å²) in [6, 6.07) is 11.3. The molecule has 1 N–H and O–H groups in total. The summed E-state index contributed by atoms with van der Waals surface area (Å²) in [5, 5.41) is 11.2. The van der Waals surface area contributed by atoms with Crippen molar-refractivity contribution in [2.45, 2.75) is 13.0 Å². The summed E-state index contributed by atoms with van der Waals surface area (Å²) in [6.07, 6.45) is 0. The van der Waals surface area contributed by atoms with E-state index < -0.39 is 17.7 Å². The summed E-state index contributed by atoms with van der Waals surface area (Å²) in [5.41, 5.74) is 1.10. The monoisotopic (exact) mass is 454 g/mol. The number of benzene rings is 2. The Balaban J connectivity index is 2.13. The van der Waals surface area contributed by atoms with Gasteiger partial charge in [-0.05, 0) is 56.9 Å². The molecule has 0 radical (unpaired) electrons. The first-order valence-electron chi connectivity index (χ1n) is 10.7. The van der Waals surface area contributed by atoms with Gasteiger partial charge < -0.3 is 29.1 Å². The van der Waals surface area contributed by atoms with Crippen LogP contribution in [0.2, 0.25) is 0 Å². The summed E-state index contributed by atoms with van der Waals surface area (Å²) in [5.74, 6) is -0.0471. The molecule has 2 aromatic rings. The molecular formula is C25H30N2O6. The van der Waals surface area contributed by atoms with Crippen molar-refractivity contribution < 1.29 is 28.9 Å². The minimum atomic E-state index is -0.728. The van der Waals surface area contributed by atoms with Crippen LogP contribution >= 0.6 is 0 Å². The molecule has 0 saturated carbocycles. The Morgan fingerprint density at radius 1 is 1.03 bits per heavy atom. The minimum Gasteiger partial charge on any atom is -0.507 e. The molecule has 0 aliphatic carbocycles. The quantitative estimate of drug-likeness (QED) is 0.354. The van der Waals surface area contributed by atoms with Crippen molar-refractivity contribution in [1.29, 1.82) is 0 Å². The number of likely N-dealkylation sites (N-methyl/N-ethyl adjacent to an activating group) is 1. The fraction of sp³-hybridized carbons (Fsp3) is 0.360. The number of aliphatic hydroxyl groups excluding tert-OH is 1. The largest absolute Gasteiger partial charge is 0.507 e. The number of amides is 1. The van der Waals surface area contributed by atoms with Crippen molar-refractivity contribution in [2.75, 3.05) is 48.0 Å². The molecule has 3 rings (SSSR count). The lowest BCUT2D eigenvalue weighted by molar-refractivity contribution is -0.140. The van der Waals surface area contributed by atoms with Crippen LogP contribution in [0.25, 0.3) is 5.76 Å². The normalized spacial score (nSPS) is 17.5. The van der Waals surface area contributed by atoms with Crippen LogP contribution in [0.15, 0.2) is 48.0 Å². The number of aliphatic hydroxyl groups is 1. The number of ketones is 1. The highest BCUT2D eigenvalue weighted by atomic mass is 16.5. The number of methoxy groups -OCH3 is 2. The van der Waals surface area contributed by atoms with Gasteiger partial charge in [0.1, 0.15) is 11.5 Å². The first kappa shape index (κ1) is 24.1. The second kappa shape index (κ2) is 10.4. The van der Waals surface area contributed by atoms with Gasteiger partial charge in [-0.2, -0.15) is 0 Å². The van der Waals surface area contributed by atoms with Gasteiger partial charge in [-0.1, -0.05) is 12.1 Å². The van der Waals surface area contributed by atoms with Gasteiger partial charge in [-0.15, -0.1) is 0 Å². The Bertz CT molecular complexity index is 1050. The van der Waals surface area contributed by atoms with E-state index in [2.05, 4.69) is 0 Å². The van der Waals surface area contributed by atoms with Crippen LogP contribution in [0.1, 0.15) is 24.1 Å². The third-order valence-corrected chi connectivity index (χ3v) is 5.49. The summed E-state index contributed by atoms with van der Waals surface area (Å²) in [4.78, 5) is 29.5. The zero-order chi connectivity index (χ0) is 24.1. The van der Waals surface area contributed by atoms with Gasteiger partial charge in [0.05, 0.1) is 32.4 Å². The predicted octanol–water partition coefficient (Wildman–Crippen LogP) is 3.09. The van der Waals surface area contributed by atoms with Gasteiger partial charge in [0, 0.05) is 18.7 Å². The number of rotatable bonds is 9. The first-order chi connectivity index (χ1) is 15.8. The standard InChI is InChI=1S/C25H30N2O6/c1-6-33-18-10-7-16(8-11-18)22-21(24(29)25(30)27(22)14-13-26(2)3)23(28)17-9-12-19(31-4)20(15-17)32-5/h7-12,15,22,28H,6,13-14H2,1-5H3/b23-21-. The number of Topliss-reactive ketones (excluding diaryl/α,β-unsaturated/α-hetero) is 1. The molecule has 1 unspecified atom stereocenters. The van der Waals surface area contributed by atoms with Crippen molar-refractivity contribution in [3.8, 4) is 17.2 Å². The predicted molar refractivity (Wildman–Crippen MR) is 125 cm³/mol. The highest BCUT2D eigenvalue weighted by molar-refractivity contribution is 6.46. The Morgan fingerprint density at radius 3 is 2.27 bits per heavy atom. The van der Waals surface area contributed by atoms with Gasteiger partial charge in [0.2, 0.25) is 0 Å².